The third-order valence-corrected chi connectivity index (χ3v) is 3.25. The van der Waals surface area contributed by atoms with E-state index in [1.54, 1.807) is 12.3 Å². The number of allylic oxidation sites excluding steroid dienone is 9. The summed E-state index contributed by atoms with van der Waals surface area (Å²) in [6.07, 6.45) is 19.3. The lowest BCUT2D eigenvalue weighted by Gasteiger charge is -2.06. The summed E-state index contributed by atoms with van der Waals surface area (Å²) < 4.78 is 4.46. The molecule has 0 amide bonds. The first-order valence-corrected chi connectivity index (χ1v) is 7.06. The average Bonchev–Trinajstić information content (AvgIpc) is 3.01. The SMILES string of the molecule is [C]1=NNC=CC(C2=NSC=CC=C2)=C1C1=NOC=CC=C1. The minimum absolute atomic E-state index is 0.630. The Bertz CT molecular complexity index is 632. The Kier molecular flexibility index (Phi) is 4.28. The first-order chi connectivity index (χ1) is 10.4. The van der Waals surface area contributed by atoms with Gasteiger partial charge in [0.15, 0.2) is 0 Å². The summed E-state index contributed by atoms with van der Waals surface area (Å²) in [4.78, 5) is 5.07. The molecule has 0 saturated carbocycles. The van der Waals surface area contributed by atoms with Gasteiger partial charge in [-0.2, -0.15) is 5.10 Å². The van der Waals surface area contributed by atoms with E-state index < -0.39 is 0 Å². The Labute approximate surface area is 126 Å². The monoisotopic (exact) mass is 295 g/mol. The molecule has 0 aromatic rings. The van der Waals surface area contributed by atoms with Crippen molar-refractivity contribution in [2.45, 2.75) is 0 Å². The van der Waals surface area contributed by atoms with Gasteiger partial charge in [-0.05, 0) is 29.7 Å². The third kappa shape index (κ3) is 3.29. The van der Waals surface area contributed by atoms with Crippen LogP contribution in [-0.4, -0.2) is 17.6 Å². The van der Waals surface area contributed by atoms with Crippen LogP contribution >= 0.6 is 11.9 Å². The first kappa shape index (κ1) is 13.4. The van der Waals surface area contributed by atoms with Crippen LogP contribution in [0.4, 0.5) is 0 Å². The molecule has 0 aliphatic carbocycles. The highest BCUT2D eigenvalue weighted by Gasteiger charge is 2.15. The minimum atomic E-state index is 0.630. The van der Waals surface area contributed by atoms with Crippen LogP contribution in [0.2, 0.25) is 0 Å². The molecule has 0 spiro atoms. The van der Waals surface area contributed by atoms with Gasteiger partial charge in [0, 0.05) is 29.3 Å². The second kappa shape index (κ2) is 6.71. The van der Waals surface area contributed by atoms with Crippen molar-refractivity contribution in [3.8, 4) is 0 Å². The molecular weight excluding hydrogens is 284 g/mol. The standard InChI is InChI=1S/C15H11N4OS/c1-3-9-20-18-14(5-1)13-11-17-16-8-7-12(13)15-6-2-4-10-21-19-15/h1-10,16H. The average molecular weight is 295 g/mol. The van der Waals surface area contributed by atoms with E-state index in [-0.39, 0.29) is 0 Å². The van der Waals surface area contributed by atoms with Crippen molar-refractivity contribution in [1.29, 1.82) is 0 Å². The zero-order chi connectivity index (χ0) is 14.3. The summed E-state index contributed by atoms with van der Waals surface area (Å²) >= 11 is 1.37. The van der Waals surface area contributed by atoms with Crippen LogP contribution in [0.3, 0.4) is 0 Å². The smallest absolute Gasteiger partial charge is 0.122 e. The van der Waals surface area contributed by atoms with Crippen molar-refractivity contribution in [1.82, 2.24) is 5.43 Å². The zero-order valence-corrected chi connectivity index (χ0v) is 11.7. The topological polar surface area (TPSA) is 58.3 Å². The molecular formula is C15H11N4OS. The lowest BCUT2D eigenvalue weighted by atomic mass is 9.99. The number of nitrogens with one attached hydrogen (secondary N) is 1. The lowest BCUT2D eigenvalue weighted by molar-refractivity contribution is 0.270. The maximum atomic E-state index is 5.07. The Morgan fingerprint density at radius 1 is 1.05 bits per heavy atom. The molecule has 103 valence electrons. The van der Waals surface area contributed by atoms with Gasteiger partial charge in [0.25, 0.3) is 0 Å². The van der Waals surface area contributed by atoms with Gasteiger partial charge in [-0.1, -0.05) is 23.4 Å². The van der Waals surface area contributed by atoms with Gasteiger partial charge in [0.2, 0.25) is 0 Å². The van der Waals surface area contributed by atoms with Crippen LogP contribution in [0.25, 0.3) is 0 Å². The highest BCUT2D eigenvalue weighted by molar-refractivity contribution is 8.01. The molecule has 3 aliphatic heterocycles. The number of hydrazone groups is 1. The van der Waals surface area contributed by atoms with Gasteiger partial charge in [-0.15, -0.1) is 0 Å². The van der Waals surface area contributed by atoms with Gasteiger partial charge in [-0.25, -0.2) is 4.40 Å². The van der Waals surface area contributed by atoms with E-state index in [1.807, 2.05) is 41.9 Å². The fraction of sp³-hybridized carbons (Fsp3) is 0. The predicted molar refractivity (Wildman–Crippen MR) is 86.8 cm³/mol. The van der Waals surface area contributed by atoms with Crippen LogP contribution < -0.4 is 5.43 Å². The van der Waals surface area contributed by atoms with Crippen LogP contribution in [0.5, 0.6) is 0 Å². The number of hydrogen-bond donors (Lipinski definition) is 1. The molecule has 1 radical (unpaired) electrons. The van der Waals surface area contributed by atoms with E-state index in [1.165, 1.54) is 18.2 Å². The summed E-state index contributed by atoms with van der Waals surface area (Å²) in [6, 6.07) is 0. The van der Waals surface area contributed by atoms with Gasteiger partial charge >= 0.3 is 0 Å². The molecule has 0 atom stereocenters. The fourth-order valence-electron chi connectivity index (χ4n) is 1.76. The second-order valence-corrected chi connectivity index (χ2v) is 4.68. The molecule has 5 nitrogen and oxygen atoms in total. The Balaban J connectivity index is 2.08. The summed E-state index contributed by atoms with van der Waals surface area (Å²) in [7, 11) is 0. The van der Waals surface area contributed by atoms with Crippen LogP contribution in [0.1, 0.15) is 0 Å². The summed E-state index contributed by atoms with van der Waals surface area (Å²) in [5.41, 5.74) is 5.79. The molecule has 1 N–H and O–H groups in total. The molecule has 0 aromatic carbocycles. The van der Waals surface area contributed by atoms with E-state index in [0.717, 1.165) is 11.3 Å². The van der Waals surface area contributed by atoms with E-state index in [9.17, 15) is 0 Å². The second-order valence-electron chi connectivity index (χ2n) is 4.01. The minimum Gasteiger partial charge on any atom is -0.364 e. The molecule has 3 aliphatic rings. The summed E-state index contributed by atoms with van der Waals surface area (Å²) in [6.45, 7) is 0. The molecule has 0 bridgehead atoms. The Morgan fingerprint density at radius 3 is 2.95 bits per heavy atom. The van der Waals surface area contributed by atoms with Crippen molar-refractivity contribution in [3.05, 3.63) is 71.5 Å². The summed E-state index contributed by atoms with van der Waals surface area (Å²) in [5, 5.41) is 9.96. The van der Waals surface area contributed by atoms with Gasteiger partial charge in [0.1, 0.15) is 18.2 Å². The third-order valence-electron chi connectivity index (χ3n) is 2.67. The summed E-state index contributed by atoms with van der Waals surface area (Å²) in [5.74, 6) is 0. The molecule has 0 aromatic heterocycles. The molecule has 0 unspecified atom stereocenters. The molecule has 21 heavy (non-hydrogen) atoms. The number of rotatable bonds is 2. The van der Waals surface area contributed by atoms with Gasteiger partial charge in [-0.3, -0.25) is 5.43 Å². The Morgan fingerprint density at radius 2 is 1.95 bits per heavy atom. The first-order valence-electron chi connectivity index (χ1n) is 6.22. The van der Waals surface area contributed by atoms with Crippen molar-refractivity contribution < 1.29 is 4.84 Å². The molecule has 6 heteroatoms. The number of hydrogen-bond acceptors (Lipinski definition) is 6. The zero-order valence-electron chi connectivity index (χ0n) is 10.9. The Hall–Kier alpha value is -2.60. The molecule has 3 rings (SSSR count). The maximum absolute atomic E-state index is 5.07. The van der Waals surface area contributed by atoms with E-state index in [2.05, 4.69) is 26.3 Å². The van der Waals surface area contributed by atoms with Crippen molar-refractivity contribution in [3.63, 3.8) is 0 Å². The molecule has 0 fully saturated rings. The van der Waals surface area contributed by atoms with Gasteiger partial charge < -0.3 is 4.84 Å². The highest BCUT2D eigenvalue weighted by atomic mass is 32.2. The van der Waals surface area contributed by atoms with E-state index in [0.29, 0.717) is 11.3 Å². The van der Waals surface area contributed by atoms with E-state index >= 15 is 0 Å². The molecule has 0 saturated heterocycles. The predicted octanol–water partition coefficient (Wildman–Crippen LogP) is 2.89. The quantitative estimate of drug-likeness (QED) is 0.797. The van der Waals surface area contributed by atoms with Crippen molar-refractivity contribution in [2.75, 3.05) is 0 Å². The fourth-order valence-corrected chi connectivity index (χ4v) is 2.25. The normalized spacial score (nSPS) is 20.2. The largest absolute Gasteiger partial charge is 0.364 e. The van der Waals surface area contributed by atoms with Crippen LogP contribution in [0.15, 0.2) is 86.2 Å². The van der Waals surface area contributed by atoms with Crippen LogP contribution in [-0.2, 0) is 4.84 Å². The highest BCUT2D eigenvalue weighted by Crippen LogP contribution is 2.19. The lowest BCUT2D eigenvalue weighted by Crippen LogP contribution is -2.09. The van der Waals surface area contributed by atoms with E-state index in [4.69, 9.17) is 4.84 Å². The maximum Gasteiger partial charge on any atom is 0.122 e. The van der Waals surface area contributed by atoms with Crippen molar-refractivity contribution >= 4 is 29.6 Å². The van der Waals surface area contributed by atoms with Gasteiger partial charge in [0.05, 0.1) is 5.71 Å². The molecule has 3 heterocycles. The van der Waals surface area contributed by atoms with Crippen LogP contribution in [0, 0.1) is 0 Å². The number of oxime groups is 1. The number of nitrogens with zero attached hydrogens (tertiary/aromatic N) is 3. The van der Waals surface area contributed by atoms with Crippen molar-refractivity contribution in [2.24, 2.45) is 14.7 Å².